The van der Waals surface area contributed by atoms with Crippen molar-refractivity contribution in [1.29, 1.82) is 0 Å². The largest absolute Gasteiger partial charge is 0.396 e. The van der Waals surface area contributed by atoms with Crippen molar-refractivity contribution in [3.05, 3.63) is 30.3 Å². The van der Waals surface area contributed by atoms with Crippen LogP contribution in [0.4, 0.5) is 5.69 Å². The molecule has 2 saturated heterocycles. The number of anilines is 1. The van der Waals surface area contributed by atoms with E-state index >= 15 is 0 Å². The number of hydrogen-bond donors (Lipinski definition) is 1. The fraction of sp³-hybridized carbons (Fsp3) is 0.588. The van der Waals surface area contributed by atoms with Crippen LogP contribution in [0.2, 0.25) is 0 Å². The maximum absolute atomic E-state index is 12.8. The second-order valence-electron chi connectivity index (χ2n) is 6.15. The smallest absolute Gasteiger partial charge is 0.244 e. The monoisotopic (exact) mass is 288 g/mol. The van der Waals surface area contributed by atoms with E-state index in [-0.39, 0.29) is 18.6 Å². The number of likely N-dealkylation sites (tertiary alicyclic amines) is 1. The standard InChI is InChI=1S/C17H24N2O2/c20-13-14-8-11-18(12-9-14)16-7-4-10-19(17(16)21)15-5-2-1-3-6-15/h1-3,5-6,14,16,20H,4,7-13H2. The Bertz CT molecular complexity index is 469. The molecule has 0 saturated carbocycles. The summed E-state index contributed by atoms with van der Waals surface area (Å²) in [6, 6.07) is 10.0. The fourth-order valence-corrected chi connectivity index (χ4v) is 3.51. The molecule has 4 heteroatoms. The zero-order valence-electron chi connectivity index (χ0n) is 12.4. The highest BCUT2D eigenvalue weighted by Crippen LogP contribution is 2.26. The number of piperidine rings is 2. The highest BCUT2D eigenvalue weighted by Gasteiger charge is 2.35. The van der Waals surface area contributed by atoms with Gasteiger partial charge in [-0.1, -0.05) is 18.2 Å². The molecule has 3 rings (SSSR count). The molecule has 4 nitrogen and oxygen atoms in total. The highest BCUT2D eigenvalue weighted by molar-refractivity contribution is 5.97. The summed E-state index contributed by atoms with van der Waals surface area (Å²) < 4.78 is 0. The molecule has 114 valence electrons. The van der Waals surface area contributed by atoms with Crippen molar-refractivity contribution in [2.45, 2.75) is 31.7 Å². The first-order chi connectivity index (χ1) is 10.3. The van der Waals surface area contributed by atoms with E-state index in [1.165, 1.54) is 0 Å². The molecule has 1 aromatic rings. The normalized spacial score (nSPS) is 25.3. The van der Waals surface area contributed by atoms with Crippen molar-refractivity contribution in [3.63, 3.8) is 0 Å². The molecule has 2 aliphatic heterocycles. The maximum Gasteiger partial charge on any atom is 0.244 e. The second-order valence-corrected chi connectivity index (χ2v) is 6.15. The molecule has 1 amide bonds. The predicted molar refractivity (Wildman–Crippen MR) is 83.2 cm³/mol. The van der Waals surface area contributed by atoms with E-state index in [9.17, 15) is 9.90 Å². The van der Waals surface area contributed by atoms with Crippen molar-refractivity contribution in [2.24, 2.45) is 5.92 Å². The van der Waals surface area contributed by atoms with Crippen molar-refractivity contribution >= 4 is 11.6 Å². The number of hydrogen-bond acceptors (Lipinski definition) is 3. The third kappa shape index (κ3) is 3.11. The first kappa shape index (κ1) is 14.5. The summed E-state index contributed by atoms with van der Waals surface area (Å²) >= 11 is 0. The summed E-state index contributed by atoms with van der Waals surface area (Å²) in [6.07, 6.45) is 4.04. The molecule has 0 spiro atoms. The summed E-state index contributed by atoms with van der Waals surface area (Å²) in [6.45, 7) is 2.98. The van der Waals surface area contributed by atoms with Gasteiger partial charge in [0.2, 0.25) is 5.91 Å². The Morgan fingerprint density at radius 1 is 1.05 bits per heavy atom. The number of aliphatic hydroxyl groups is 1. The van der Waals surface area contributed by atoms with Gasteiger partial charge >= 0.3 is 0 Å². The Morgan fingerprint density at radius 2 is 1.76 bits per heavy atom. The quantitative estimate of drug-likeness (QED) is 0.923. The molecule has 1 unspecified atom stereocenters. The lowest BCUT2D eigenvalue weighted by molar-refractivity contribution is -0.126. The minimum atomic E-state index is 0.0265. The molecule has 1 aromatic carbocycles. The van der Waals surface area contributed by atoms with Gasteiger partial charge in [0, 0.05) is 18.8 Å². The molecule has 2 heterocycles. The summed E-state index contributed by atoms with van der Waals surface area (Å²) in [5, 5.41) is 9.24. The third-order valence-electron chi connectivity index (χ3n) is 4.83. The number of aliphatic hydroxyl groups excluding tert-OH is 1. The Kier molecular flexibility index (Phi) is 4.56. The van der Waals surface area contributed by atoms with E-state index in [2.05, 4.69) is 4.90 Å². The lowest BCUT2D eigenvalue weighted by atomic mass is 9.94. The molecule has 21 heavy (non-hydrogen) atoms. The first-order valence-electron chi connectivity index (χ1n) is 8.01. The van der Waals surface area contributed by atoms with E-state index < -0.39 is 0 Å². The van der Waals surface area contributed by atoms with Crippen LogP contribution in [-0.4, -0.2) is 48.2 Å². The van der Waals surface area contributed by atoms with Crippen LogP contribution >= 0.6 is 0 Å². The minimum Gasteiger partial charge on any atom is -0.396 e. The van der Waals surface area contributed by atoms with Crippen molar-refractivity contribution in [1.82, 2.24) is 4.90 Å². The second kappa shape index (κ2) is 6.58. The Morgan fingerprint density at radius 3 is 2.43 bits per heavy atom. The van der Waals surface area contributed by atoms with Crippen LogP contribution in [0.25, 0.3) is 0 Å². The molecular weight excluding hydrogens is 264 g/mol. The van der Waals surface area contributed by atoms with Crippen molar-refractivity contribution < 1.29 is 9.90 Å². The molecule has 1 atom stereocenters. The lowest BCUT2D eigenvalue weighted by Gasteiger charge is -2.41. The van der Waals surface area contributed by atoms with Gasteiger partial charge in [0.1, 0.15) is 0 Å². The van der Waals surface area contributed by atoms with E-state index in [0.717, 1.165) is 51.0 Å². The number of nitrogens with zero attached hydrogens (tertiary/aromatic N) is 2. The van der Waals surface area contributed by atoms with E-state index in [1.807, 2.05) is 35.2 Å². The lowest BCUT2D eigenvalue weighted by Crippen LogP contribution is -2.54. The molecule has 0 aliphatic carbocycles. The summed E-state index contributed by atoms with van der Waals surface area (Å²) in [4.78, 5) is 17.1. The van der Waals surface area contributed by atoms with Crippen LogP contribution in [-0.2, 0) is 4.79 Å². The van der Waals surface area contributed by atoms with Gasteiger partial charge in [0.15, 0.2) is 0 Å². The molecule has 0 radical (unpaired) electrons. The van der Waals surface area contributed by atoms with Crippen LogP contribution < -0.4 is 4.90 Å². The Hall–Kier alpha value is -1.39. The van der Waals surface area contributed by atoms with Gasteiger partial charge < -0.3 is 10.0 Å². The van der Waals surface area contributed by atoms with Crippen LogP contribution in [0.5, 0.6) is 0 Å². The topological polar surface area (TPSA) is 43.8 Å². The number of benzene rings is 1. The molecule has 0 aromatic heterocycles. The number of carbonyl (C=O) groups excluding carboxylic acids is 1. The molecule has 2 aliphatic rings. The van der Waals surface area contributed by atoms with Crippen LogP contribution in [0, 0.1) is 5.92 Å². The first-order valence-corrected chi connectivity index (χ1v) is 8.01. The zero-order valence-corrected chi connectivity index (χ0v) is 12.4. The van der Waals surface area contributed by atoms with Gasteiger partial charge in [-0.25, -0.2) is 0 Å². The van der Waals surface area contributed by atoms with E-state index in [4.69, 9.17) is 0 Å². The van der Waals surface area contributed by atoms with E-state index in [0.29, 0.717) is 5.92 Å². The SMILES string of the molecule is O=C1C(N2CCC(CO)CC2)CCCN1c1ccccc1. The van der Waals surface area contributed by atoms with Crippen LogP contribution in [0.1, 0.15) is 25.7 Å². The minimum absolute atomic E-state index is 0.0265. The van der Waals surface area contributed by atoms with Crippen molar-refractivity contribution in [3.8, 4) is 0 Å². The maximum atomic E-state index is 12.8. The van der Waals surface area contributed by atoms with Crippen LogP contribution in [0.15, 0.2) is 30.3 Å². The van der Waals surface area contributed by atoms with Crippen LogP contribution in [0.3, 0.4) is 0 Å². The molecule has 2 fully saturated rings. The van der Waals surface area contributed by atoms with Crippen molar-refractivity contribution in [2.75, 3.05) is 31.1 Å². The molecule has 0 bridgehead atoms. The summed E-state index contributed by atoms with van der Waals surface area (Å²) in [7, 11) is 0. The highest BCUT2D eigenvalue weighted by atomic mass is 16.3. The fourth-order valence-electron chi connectivity index (χ4n) is 3.51. The molecule has 1 N–H and O–H groups in total. The van der Waals surface area contributed by atoms with Gasteiger partial charge in [-0.15, -0.1) is 0 Å². The number of carbonyl (C=O) groups is 1. The predicted octanol–water partition coefficient (Wildman–Crippen LogP) is 1.89. The third-order valence-corrected chi connectivity index (χ3v) is 4.83. The molecular formula is C17H24N2O2. The average Bonchev–Trinajstić information content (AvgIpc) is 2.56. The van der Waals surface area contributed by atoms with Gasteiger partial charge in [-0.2, -0.15) is 0 Å². The number of rotatable bonds is 3. The summed E-state index contributed by atoms with van der Waals surface area (Å²) in [5.74, 6) is 0.667. The van der Waals surface area contributed by atoms with E-state index in [1.54, 1.807) is 0 Å². The van der Waals surface area contributed by atoms with Gasteiger partial charge in [-0.05, 0) is 56.8 Å². The zero-order chi connectivity index (χ0) is 14.7. The number of amides is 1. The Balaban J connectivity index is 1.68. The Labute approximate surface area is 126 Å². The summed E-state index contributed by atoms with van der Waals surface area (Å²) in [5.41, 5.74) is 1.01. The average molecular weight is 288 g/mol. The van der Waals surface area contributed by atoms with Gasteiger partial charge in [0.25, 0.3) is 0 Å². The van der Waals surface area contributed by atoms with Gasteiger partial charge in [0.05, 0.1) is 6.04 Å². The van der Waals surface area contributed by atoms with Gasteiger partial charge in [-0.3, -0.25) is 9.69 Å². The number of para-hydroxylation sites is 1.